The summed E-state index contributed by atoms with van der Waals surface area (Å²) >= 11 is 1.51. The van der Waals surface area contributed by atoms with Crippen molar-refractivity contribution in [3.8, 4) is 6.07 Å². The van der Waals surface area contributed by atoms with Gasteiger partial charge in [-0.25, -0.2) is 0 Å². The van der Waals surface area contributed by atoms with Crippen LogP contribution in [-0.2, 0) is 0 Å². The van der Waals surface area contributed by atoms with Crippen LogP contribution >= 0.6 is 11.8 Å². The highest BCUT2D eigenvalue weighted by molar-refractivity contribution is 8.06. The van der Waals surface area contributed by atoms with E-state index in [1.54, 1.807) is 0 Å². The Labute approximate surface area is 59.1 Å². The van der Waals surface area contributed by atoms with Crippen LogP contribution in [0.1, 0.15) is 13.3 Å². The first-order valence-electron chi connectivity index (χ1n) is 2.75. The summed E-state index contributed by atoms with van der Waals surface area (Å²) < 4.78 is 0. The Morgan fingerprint density at radius 1 is 1.78 bits per heavy atom. The van der Waals surface area contributed by atoms with Gasteiger partial charge in [0.15, 0.2) is 0 Å². The lowest BCUT2D eigenvalue weighted by Crippen LogP contribution is -1.80. The van der Waals surface area contributed by atoms with Crippen LogP contribution in [0.5, 0.6) is 0 Å². The Morgan fingerprint density at radius 2 is 2.56 bits per heavy atom. The molecule has 0 saturated carbocycles. The van der Waals surface area contributed by atoms with Gasteiger partial charge in [0.1, 0.15) is 6.07 Å². The molecule has 0 radical (unpaired) electrons. The largest absolute Gasteiger partial charge is 0.192 e. The number of allylic oxidation sites excluding steroid dienone is 3. The molecule has 0 aromatic heterocycles. The maximum Gasteiger partial charge on any atom is 0.106 e. The van der Waals surface area contributed by atoms with Gasteiger partial charge >= 0.3 is 0 Å². The maximum atomic E-state index is 8.41. The molecule has 0 N–H and O–H groups in total. The Kier molecular flexibility index (Phi) is 1.96. The maximum absolute atomic E-state index is 8.41. The first-order valence-corrected chi connectivity index (χ1v) is 3.63. The summed E-state index contributed by atoms with van der Waals surface area (Å²) in [5.74, 6) is 0. The van der Waals surface area contributed by atoms with E-state index in [-0.39, 0.29) is 0 Å². The molecule has 1 heterocycles. The second-order valence-corrected chi connectivity index (χ2v) is 2.88. The van der Waals surface area contributed by atoms with Gasteiger partial charge in [0.05, 0.1) is 4.91 Å². The van der Waals surface area contributed by atoms with E-state index >= 15 is 0 Å². The number of nitriles is 1. The minimum Gasteiger partial charge on any atom is -0.192 e. The molecule has 0 unspecified atom stereocenters. The second-order valence-electron chi connectivity index (χ2n) is 1.97. The predicted octanol–water partition coefficient (Wildman–Crippen LogP) is 2.43. The van der Waals surface area contributed by atoms with E-state index in [0.29, 0.717) is 0 Å². The average molecular weight is 137 g/mol. The summed E-state index contributed by atoms with van der Waals surface area (Å²) in [5, 5.41) is 10.4. The molecule has 9 heavy (non-hydrogen) atoms. The van der Waals surface area contributed by atoms with Crippen LogP contribution in [0.3, 0.4) is 0 Å². The molecule has 0 saturated heterocycles. The molecule has 0 bridgehead atoms. The minimum absolute atomic E-state index is 0.820. The van der Waals surface area contributed by atoms with Crippen molar-refractivity contribution in [2.45, 2.75) is 13.3 Å². The lowest BCUT2D eigenvalue weighted by atomic mass is 10.2. The monoisotopic (exact) mass is 137 g/mol. The zero-order valence-corrected chi connectivity index (χ0v) is 6.03. The quantitative estimate of drug-likeness (QED) is 0.512. The molecule has 46 valence electrons. The number of thioether (sulfide) groups is 1. The van der Waals surface area contributed by atoms with Crippen molar-refractivity contribution in [2.75, 3.05) is 0 Å². The number of nitrogens with zero attached hydrogens (tertiary/aromatic N) is 1. The van der Waals surface area contributed by atoms with Gasteiger partial charge in [0.25, 0.3) is 0 Å². The van der Waals surface area contributed by atoms with E-state index < -0.39 is 0 Å². The highest BCUT2D eigenvalue weighted by Gasteiger charge is 1.99. The van der Waals surface area contributed by atoms with E-state index in [4.69, 9.17) is 5.26 Å². The minimum atomic E-state index is 0.820. The van der Waals surface area contributed by atoms with Crippen LogP contribution in [0.2, 0.25) is 0 Å². The lowest BCUT2D eigenvalue weighted by Gasteiger charge is -2.02. The summed E-state index contributed by atoms with van der Waals surface area (Å²) in [6.07, 6.45) is 2.90. The zero-order valence-electron chi connectivity index (χ0n) is 5.22. The smallest absolute Gasteiger partial charge is 0.106 e. The predicted molar refractivity (Wildman–Crippen MR) is 39.7 cm³/mol. The molecule has 0 spiro atoms. The van der Waals surface area contributed by atoms with Gasteiger partial charge in [-0.3, -0.25) is 0 Å². The van der Waals surface area contributed by atoms with Crippen molar-refractivity contribution in [2.24, 2.45) is 0 Å². The van der Waals surface area contributed by atoms with E-state index in [1.807, 2.05) is 11.5 Å². The van der Waals surface area contributed by atoms with Crippen molar-refractivity contribution in [3.63, 3.8) is 0 Å². The average Bonchev–Trinajstić information content (AvgIpc) is 1.90. The molecule has 0 aromatic rings. The van der Waals surface area contributed by atoms with Crippen LogP contribution in [0, 0.1) is 11.3 Å². The fraction of sp³-hybridized carbons (Fsp3) is 0.286. The molecule has 0 aliphatic carbocycles. The van der Waals surface area contributed by atoms with Gasteiger partial charge < -0.3 is 0 Å². The zero-order chi connectivity index (χ0) is 6.69. The first kappa shape index (κ1) is 6.44. The molecule has 1 nitrogen and oxygen atoms in total. The van der Waals surface area contributed by atoms with Gasteiger partial charge in [0.2, 0.25) is 0 Å². The summed E-state index contributed by atoms with van der Waals surface area (Å²) in [5.41, 5.74) is 1.33. The van der Waals surface area contributed by atoms with Gasteiger partial charge in [-0.2, -0.15) is 5.26 Å². The fourth-order valence-corrected chi connectivity index (χ4v) is 1.24. The Bertz CT molecular complexity index is 207. The van der Waals surface area contributed by atoms with Crippen molar-refractivity contribution in [3.05, 3.63) is 22.0 Å². The summed E-state index contributed by atoms with van der Waals surface area (Å²) in [6.45, 7) is 2.07. The van der Waals surface area contributed by atoms with Gasteiger partial charge in [-0.1, -0.05) is 23.4 Å². The van der Waals surface area contributed by atoms with Crippen LogP contribution in [0.15, 0.2) is 22.0 Å². The first-order chi connectivity index (χ1) is 4.33. The summed E-state index contributed by atoms with van der Waals surface area (Å²) in [6, 6.07) is 2.10. The summed E-state index contributed by atoms with van der Waals surface area (Å²) in [4.78, 5) is 0.820. The molecule has 0 aromatic carbocycles. The fourth-order valence-electron chi connectivity index (χ4n) is 0.586. The van der Waals surface area contributed by atoms with Gasteiger partial charge in [0, 0.05) is 0 Å². The highest BCUT2D eigenvalue weighted by Crippen LogP contribution is 2.25. The normalized spacial score (nSPS) is 17.8. The van der Waals surface area contributed by atoms with Crippen molar-refractivity contribution in [1.29, 1.82) is 5.26 Å². The Morgan fingerprint density at radius 3 is 3.00 bits per heavy atom. The second kappa shape index (κ2) is 2.75. The highest BCUT2D eigenvalue weighted by atomic mass is 32.2. The van der Waals surface area contributed by atoms with Crippen molar-refractivity contribution < 1.29 is 0 Å². The Hall–Kier alpha value is -0.680. The van der Waals surface area contributed by atoms with Gasteiger partial charge in [-0.15, -0.1) is 0 Å². The molecular formula is C7H7NS. The lowest BCUT2D eigenvalue weighted by molar-refractivity contribution is 1.21. The number of rotatable bonds is 0. The molecule has 2 heteroatoms. The van der Waals surface area contributed by atoms with Crippen molar-refractivity contribution >= 4 is 11.8 Å². The number of hydrogen-bond acceptors (Lipinski definition) is 2. The Balaban J connectivity index is 2.61. The van der Waals surface area contributed by atoms with Crippen molar-refractivity contribution in [1.82, 2.24) is 0 Å². The van der Waals surface area contributed by atoms with Crippen LogP contribution < -0.4 is 0 Å². The van der Waals surface area contributed by atoms with E-state index in [1.165, 1.54) is 17.3 Å². The SMILES string of the molecule is CC1=CSC(C#N)=CC1. The van der Waals surface area contributed by atoms with Crippen LogP contribution in [-0.4, -0.2) is 0 Å². The topological polar surface area (TPSA) is 23.8 Å². The molecule has 1 aliphatic rings. The van der Waals surface area contributed by atoms with Crippen LogP contribution in [0.4, 0.5) is 0 Å². The van der Waals surface area contributed by atoms with E-state index in [9.17, 15) is 0 Å². The number of hydrogen-bond donors (Lipinski definition) is 0. The molecule has 1 rings (SSSR count). The third-order valence-corrected chi connectivity index (χ3v) is 2.14. The molecule has 1 aliphatic heterocycles. The third-order valence-electron chi connectivity index (χ3n) is 1.11. The molecular weight excluding hydrogens is 130 g/mol. The van der Waals surface area contributed by atoms with E-state index in [0.717, 1.165) is 11.3 Å². The summed E-state index contributed by atoms with van der Waals surface area (Å²) in [7, 11) is 0. The van der Waals surface area contributed by atoms with E-state index in [2.05, 4.69) is 13.0 Å². The molecule has 0 fully saturated rings. The molecule has 0 amide bonds. The standard InChI is InChI=1S/C7H7NS/c1-6-2-3-7(4-8)9-5-6/h3,5H,2H2,1H3. The van der Waals surface area contributed by atoms with Gasteiger partial charge in [-0.05, 0) is 18.8 Å². The molecule has 0 atom stereocenters. The van der Waals surface area contributed by atoms with Crippen LogP contribution in [0.25, 0.3) is 0 Å². The third kappa shape index (κ3) is 1.62.